The lowest BCUT2D eigenvalue weighted by Crippen LogP contribution is -2.02. The summed E-state index contributed by atoms with van der Waals surface area (Å²) in [5, 5.41) is 7.74. The molecule has 0 saturated carbocycles. The average Bonchev–Trinajstić information content (AvgIpc) is 3.39. The smallest absolute Gasteiger partial charge is 0.163 e. The fraction of sp³-hybridized carbons (Fsp3) is 0.158. The van der Waals surface area contributed by atoms with Crippen LogP contribution in [0.1, 0.15) is 12.5 Å². The van der Waals surface area contributed by atoms with Gasteiger partial charge in [0.25, 0.3) is 0 Å². The van der Waals surface area contributed by atoms with E-state index in [4.69, 9.17) is 4.74 Å². The molecule has 0 N–H and O–H groups in total. The molecule has 130 valence electrons. The van der Waals surface area contributed by atoms with Gasteiger partial charge >= 0.3 is 0 Å². The van der Waals surface area contributed by atoms with Crippen LogP contribution < -0.4 is 4.74 Å². The fourth-order valence-corrected chi connectivity index (χ4v) is 2.81. The SMILES string of the molecule is CCc1ccc(-c2nccn2-c2cc(-n3cnnc3)ccc2OC)nc1. The predicted molar refractivity (Wildman–Crippen MR) is 97.6 cm³/mol. The van der Waals surface area contributed by atoms with Crippen LogP contribution in [0.3, 0.4) is 0 Å². The van der Waals surface area contributed by atoms with Crippen molar-refractivity contribution in [3.05, 3.63) is 67.1 Å². The molecule has 0 aliphatic rings. The Bertz CT molecular complexity index is 1000. The van der Waals surface area contributed by atoms with Crippen LogP contribution in [0.15, 0.2) is 61.6 Å². The summed E-state index contributed by atoms with van der Waals surface area (Å²) < 4.78 is 9.37. The van der Waals surface area contributed by atoms with Gasteiger partial charge in [-0.1, -0.05) is 13.0 Å². The van der Waals surface area contributed by atoms with Crippen molar-refractivity contribution in [1.29, 1.82) is 0 Å². The zero-order chi connectivity index (χ0) is 17.9. The zero-order valence-electron chi connectivity index (χ0n) is 14.6. The van der Waals surface area contributed by atoms with Crippen LogP contribution in [0.25, 0.3) is 22.9 Å². The molecule has 0 unspecified atom stereocenters. The number of imidazole rings is 1. The van der Waals surface area contributed by atoms with Crippen LogP contribution in [0.2, 0.25) is 0 Å². The monoisotopic (exact) mass is 346 g/mol. The van der Waals surface area contributed by atoms with Crippen molar-refractivity contribution in [3.8, 4) is 28.6 Å². The molecule has 0 bridgehead atoms. The molecule has 4 rings (SSSR count). The molecule has 1 aromatic carbocycles. The van der Waals surface area contributed by atoms with Gasteiger partial charge in [0.1, 0.15) is 24.1 Å². The van der Waals surface area contributed by atoms with Gasteiger partial charge < -0.3 is 4.74 Å². The summed E-state index contributed by atoms with van der Waals surface area (Å²) in [6.07, 6.45) is 9.82. The molecule has 26 heavy (non-hydrogen) atoms. The number of ether oxygens (including phenoxy) is 1. The minimum absolute atomic E-state index is 0.742. The molecule has 0 aliphatic carbocycles. The highest BCUT2D eigenvalue weighted by atomic mass is 16.5. The van der Waals surface area contributed by atoms with Crippen LogP contribution in [-0.4, -0.2) is 36.4 Å². The van der Waals surface area contributed by atoms with Crippen molar-refractivity contribution in [2.45, 2.75) is 13.3 Å². The molecule has 7 nitrogen and oxygen atoms in total. The maximum atomic E-state index is 5.56. The van der Waals surface area contributed by atoms with Crippen molar-refractivity contribution < 1.29 is 4.74 Å². The highest BCUT2D eigenvalue weighted by Crippen LogP contribution is 2.29. The first-order valence-electron chi connectivity index (χ1n) is 8.32. The van der Waals surface area contributed by atoms with E-state index in [1.54, 1.807) is 26.0 Å². The number of pyridine rings is 1. The van der Waals surface area contributed by atoms with E-state index in [1.165, 1.54) is 5.56 Å². The van der Waals surface area contributed by atoms with E-state index in [-0.39, 0.29) is 0 Å². The molecule has 4 aromatic rings. The lowest BCUT2D eigenvalue weighted by Gasteiger charge is -2.14. The van der Waals surface area contributed by atoms with Gasteiger partial charge in [0.2, 0.25) is 0 Å². The minimum Gasteiger partial charge on any atom is -0.495 e. The second kappa shape index (κ2) is 6.79. The van der Waals surface area contributed by atoms with E-state index in [1.807, 2.05) is 45.8 Å². The number of hydrogen-bond donors (Lipinski definition) is 0. The van der Waals surface area contributed by atoms with Crippen LogP contribution >= 0.6 is 0 Å². The Morgan fingerprint density at radius 3 is 2.58 bits per heavy atom. The first-order chi connectivity index (χ1) is 12.8. The second-order valence-corrected chi connectivity index (χ2v) is 5.75. The highest BCUT2D eigenvalue weighted by molar-refractivity contribution is 5.60. The lowest BCUT2D eigenvalue weighted by molar-refractivity contribution is 0.413. The van der Waals surface area contributed by atoms with Gasteiger partial charge in [-0.25, -0.2) is 4.98 Å². The van der Waals surface area contributed by atoms with Crippen molar-refractivity contribution >= 4 is 0 Å². The summed E-state index contributed by atoms with van der Waals surface area (Å²) in [4.78, 5) is 9.06. The third-order valence-electron chi connectivity index (χ3n) is 4.24. The van der Waals surface area contributed by atoms with E-state index in [0.29, 0.717) is 0 Å². The standard InChI is InChI=1S/C19H18N6O/c1-3-14-4-6-16(21-11-14)19-20-8-9-25(19)17-10-15(5-7-18(17)26-2)24-12-22-23-13-24/h4-13H,3H2,1-2H3. The lowest BCUT2D eigenvalue weighted by atomic mass is 10.2. The number of rotatable bonds is 5. The van der Waals surface area contributed by atoms with Crippen LogP contribution in [-0.2, 0) is 6.42 Å². The fourth-order valence-electron chi connectivity index (χ4n) is 2.81. The average molecular weight is 346 g/mol. The Labute approximate surface area is 150 Å². The van der Waals surface area contributed by atoms with Crippen molar-refractivity contribution in [1.82, 2.24) is 29.3 Å². The summed E-state index contributed by atoms with van der Waals surface area (Å²) in [5.41, 5.74) is 3.80. The summed E-state index contributed by atoms with van der Waals surface area (Å²) in [6, 6.07) is 9.95. The van der Waals surface area contributed by atoms with E-state index >= 15 is 0 Å². The maximum Gasteiger partial charge on any atom is 0.163 e. The van der Waals surface area contributed by atoms with Crippen LogP contribution in [0, 0.1) is 0 Å². The first-order valence-corrected chi connectivity index (χ1v) is 8.32. The summed E-state index contributed by atoms with van der Waals surface area (Å²) >= 11 is 0. The molecule has 0 radical (unpaired) electrons. The largest absolute Gasteiger partial charge is 0.495 e. The van der Waals surface area contributed by atoms with Crippen molar-refractivity contribution in [2.75, 3.05) is 7.11 Å². The van der Waals surface area contributed by atoms with Crippen molar-refractivity contribution in [2.24, 2.45) is 0 Å². The third-order valence-corrected chi connectivity index (χ3v) is 4.24. The Morgan fingerprint density at radius 1 is 1.04 bits per heavy atom. The molecule has 7 heteroatoms. The summed E-state index contributed by atoms with van der Waals surface area (Å²) in [5.74, 6) is 1.50. The third kappa shape index (κ3) is 2.83. The van der Waals surface area contributed by atoms with E-state index < -0.39 is 0 Å². The topological polar surface area (TPSA) is 70.7 Å². The van der Waals surface area contributed by atoms with Crippen LogP contribution in [0.4, 0.5) is 0 Å². The Balaban J connectivity index is 1.83. The van der Waals surface area contributed by atoms with Gasteiger partial charge in [0.05, 0.1) is 18.5 Å². The molecule has 0 atom stereocenters. The quantitative estimate of drug-likeness (QED) is 0.555. The number of hydrogen-bond acceptors (Lipinski definition) is 5. The van der Waals surface area contributed by atoms with Gasteiger partial charge in [-0.15, -0.1) is 10.2 Å². The molecular formula is C19H18N6O. The summed E-state index contributed by atoms with van der Waals surface area (Å²) in [6.45, 7) is 2.11. The Kier molecular flexibility index (Phi) is 4.18. The van der Waals surface area contributed by atoms with Gasteiger partial charge in [-0.3, -0.25) is 14.1 Å². The predicted octanol–water partition coefficient (Wildman–Crippen LogP) is 3.09. The Morgan fingerprint density at radius 2 is 1.88 bits per heavy atom. The number of aromatic nitrogens is 6. The van der Waals surface area contributed by atoms with Gasteiger partial charge in [0.15, 0.2) is 5.82 Å². The maximum absolute atomic E-state index is 5.56. The molecule has 0 spiro atoms. The highest BCUT2D eigenvalue weighted by Gasteiger charge is 2.14. The molecule has 3 aromatic heterocycles. The number of aryl methyl sites for hydroxylation is 1. The van der Waals surface area contributed by atoms with Gasteiger partial charge in [-0.2, -0.15) is 0 Å². The second-order valence-electron chi connectivity index (χ2n) is 5.75. The van der Waals surface area contributed by atoms with E-state index in [2.05, 4.69) is 33.2 Å². The van der Waals surface area contributed by atoms with Crippen molar-refractivity contribution in [3.63, 3.8) is 0 Å². The summed E-state index contributed by atoms with van der Waals surface area (Å²) in [7, 11) is 1.65. The first kappa shape index (κ1) is 16.0. The van der Waals surface area contributed by atoms with Crippen LogP contribution in [0.5, 0.6) is 5.75 Å². The van der Waals surface area contributed by atoms with Gasteiger partial charge in [0, 0.05) is 18.6 Å². The number of methoxy groups -OCH3 is 1. The number of benzene rings is 1. The molecule has 0 fully saturated rings. The minimum atomic E-state index is 0.742. The zero-order valence-corrected chi connectivity index (χ0v) is 14.6. The molecule has 0 amide bonds. The van der Waals surface area contributed by atoms with Gasteiger partial charge in [-0.05, 0) is 36.2 Å². The molecule has 3 heterocycles. The van der Waals surface area contributed by atoms with E-state index in [9.17, 15) is 0 Å². The molecule has 0 saturated heterocycles. The molecule has 0 aliphatic heterocycles. The normalized spacial score (nSPS) is 10.8. The van der Waals surface area contributed by atoms with E-state index in [0.717, 1.165) is 35.1 Å². The molecular weight excluding hydrogens is 328 g/mol. The Hall–Kier alpha value is -3.48. The number of nitrogens with zero attached hydrogens (tertiary/aromatic N) is 6.